The molecule has 1 aliphatic rings. The number of unbranched alkanes of at least 4 members (excludes halogenated alkanes) is 1. The first kappa shape index (κ1) is 21.8. The highest BCUT2D eigenvalue weighted by molar-refractivity contribution is 6.31. The lowest BCUT2D eigenvalue weighted by molar-refractivity contribution is 0.0651. The lowest BCUT2D eigenvalue weighted by Gasteiger charge is -2.24. The fourth-order valence-corrected chi connectivity index (χ4v) is 4.02. The fourth-order valence-electron chi connectivity index (χ4n) is 3.83. The maximum absolute atomic E-state index is 13.2. The van der Waals surface area contributed by atoms with Gasteiger partial charge >= 0.3 is 0 Å². The molecule has 5 nitrogen and oxygen atoms in total. The molecule has 0 spiro atoms. The SMILES string of the molecule is Cc1ccc(N(CCCCN2C(=O)c3ccccc3C2=O)C(=O)c2cccc(Cl)c2)cc1. The minimum Gasteiger partial charge on any atom is -0.308 e. The largest absolute Gasteiger partial charge is 0.308 e. The number of carbonyl (C=O) groups excluding carboxylic acids is 3. The Labute approximate surface area is 192 Å². The summed E-state index contributed by atoms with van der Waals surface area (Å²) < 4.78 is 0. The molecule has 0 saturated heterocycles. The van der Waals surface area contributed by atoms with Crippen molar-refractivity contribution in [1.29, 1.82) is 0 Å². The van der Waals surface area contributed by atoms with Gasteiger partial charge in [-0.3, -0.25) is 19.3 Å². The van der Waals surface area contributed by atoms with E-state index >= 15 is 0 Å². The van der Waals surface area contributed by atoms with Crippen molar-refractivity contribution in [3.05, 3.63) is 100 Å². The van der Waals surface area contributed by atoms with Crippen LogP contribution < -0.4 is 4.90 Å². The highest BCUT2D eigenvalue weighted by atomic mass is 35.5. The summed E-state index contributed by atoms with van der Waals surface area (Å²) in [5.74, 6) is -0.649. The molecule has 0 aromatic heterocycles. The maximum atomic E-state index is 13.2. The van der Waals surface area contributed by atoms with Crippen molar-refractivity contribution >= 4 is 35.0 Å². The van der Waals surface area contributed by atoms with Gasteiger partial charge in [0.05, 0.1) is 11.1 Å². The summed E-state index contributed by atoms with van der Waals surface area (Å²) in [6.07, 6.45) is 1.23. The summed E-state index contributed by atoms with van der Waals surface area (Å²) in [6.45, 7) is 2.77. The summed E-state index contributed by atoms with van der Waals surface area (Å²) in [7, 11) is 0. The summed E-state index contributed by atoms with van der Waals surface area (Å²) in [6, 6.07) is 21.5. The predicted octanol–water partition coefficient (Wildman–Crippen LogP) is 5.37. The molecule has 0 atom stereocenters. The monoisotopic (exact) mass is 446 g/mol. The molecule has 0 bridgehead atoms. The molecule has 32 heavy (non-hydrogen) atoms. The quantitative estimate of drug-likeness (QED) is 0.362. The average molecular weight is 447 g/mol. The second-order valence-electron chi connectivity index (χ2n) is 7.82. The van der Waals surface area contributed by atoms with E-state index in [1.54, 1.807) is 53.4 Å². The first-order valence-corrected chi connectivity index (χ1v) is 10.9. The zero-order valence-electron chi connectivity index (χ0n) is 17.8. The van der Waals surface area contributed by atoms with Gasteiger partial charge in [-0.2, -0.15) is 0 Å². The number of aryl methyl sites for hydroxylation is 1. The minimum absolute atomic E-state index is 0.142. The summed E-state index contributed by atoms with van der Waals surface area (Å²) in [5, 5.41) is 0.505. The molecular weight excluding hydrogens is 424 g/mol. The molecule has 0 radical (unpaired) electrons. The predicted molar refractivity (Wildman–Crippen MR) is 125 cm³/mol. The third kappa shape index (κ3) is 4.43. The lowest BCUT2D eigenvalue weighted by atomic mass is 10.1. The first-order chi connectivity index (χ1) is 15.5. The van der Waals surface area contributed by atoms with E-state index in [4.69, 9.17) is 11.6 Å². The standard InChI is InChI=1S/C26H23ClN2O3/c1-18-11-13-21(14-12-18)28(24(30)19-7-6-8-20(27)17-19)15-4-5-16-29-25(31)22-9-2-3-10-23(22)26(29)32/h2-3,6-14,17H,4-5,15-16H2,1H3. The minimum atomic E-state index is -0.254. The summed E-state index contributed by atoms with van der Waals surface area (Å²) in [4.78, 5) is 41.3. The van der Waals surface area contributed by atoms with E-state index in [0.29, 0.717) is 47.6 Å². The van der Waals surface area contributed by atoms with Crippen molar-refractivity contribution in [1.82, 2.24) is 4.90 Å². The van der Waals surface area contributed by atoms with Gasteiger partial charge in [-0.1, -0.05) is 47.5 Å². The molecule has 0 N–H and O–H groups in total. The topological polar surface area (TPSA) is 57.7 Å². The normalized spacial score (nSPS) is 12.8. The molecule has 0 aliphatic carbocycles. The van der Waals surface area contributed by atoms with Gasteiger partial charge in [-0.15, -0.1) is 0 Å². The number of hydrogen-bond acceptors (Lipinski definition) is 3. The van der Waals surface area contributed by atoms with Crippen LogP contribution in [0, 0.1) is 6.92 Å². The van der Waals surface area contributed by atoms with Crippen molar-refractivity contribution in [2.75, 3.05) is 18.0 Å². The van der Waals surface area contributed by atoms with Crippen molar-refractivity contribution in [2.24, 2.45) is 0 Å². The van der Waals surface area contributed by atoms with Gasteiger partial charge in [-0.25, -0.2) is 0 Å². The van der Waals surface area contributed by atoms with Gasteiger partial charge in [0, 0.05) is 29.4 Å². The molecule has 1 heterocycles. The van der Waals surface area contributed by atoms with E-state index < -0.39 is 0 Å². The molecule has 0 saturated carbocycles. The number of amides is 3. The van der Waals surface area contributed by atoms with Gasteiger partial charge < -0.3 is 4.90 Å². The van der Waals surface area contributed by atoms with Crippen LogP contribution in [0.1, 0.15) is 49.5 Å². The Kier molecular flexibility index (Phi) is 6.37. The molecule has 0 fully saturated rings. The van der Waals surface area contributed by atoms with E-state index in [2.05, 4.69) is 0 Å². The van der Waals surface area contributed by atoms with Crippen molar-refractivity contribution in [3.63, 3.8) is 0 Å². The van der Waals surface area contributed by atoms with E-state index in [0.717, 1.165) is 11.3 Å². The maximum Gasteiger partial charge on any atom is 0.261 e. The third-order valence-corrected chi connectivity index (χ3v) is 5.79. The molecular formula is C26H23ClN2O3. The van der Waals surface area contributed by atoms with Crippen molar-refractivity contribution in [2.45, 2.75) is 19.8 Å². The van der Waals surface area contributed by atoms with Crippen molar-refractivity contribution < 1.29 is 14.4 Å². The van der Waals surface area contributed by atoms with E-state index in [9.17, 15) is 14.4 Å². The molecule has 4 rings (SSSR count). The molecule has 0 unspecified atom stereocenters. The number of hydrogen-bond donors (Lipinski definition) is 0. The number of benzene rings is 3. The number of carbonyl (C=O) groups is 3. The molecule has 3 aromatic rings. The Morgan fingerprint density at radius 2 is 1.53 bits per heavy atom. The van der Waals surface area contributed by atoms with Crippen LogP contribution in [0.3, 0.4) is 0 Å². The highest BCUT2D eigenvalue weighted by Crippen LogP contribution is 2.24. The Bertz CT molecular complexity index is 1140. The van der Waals surface area contributed by atoms with E-state index in [1.807, 2.05) is 31.2 Å². The van der Waals surface area contributed by atoms with Crippen LogP contribution in [0.2, 0.25) is 5.02 Å². The zero-order valence-corrected chi connectivity index (χ0v) is 18.5. The van der Waals surface area contributed by atoms with Gasteiger partial charge in [-0.05, 0) is 62.2 Å². The third-order valence-electron chi connectivity index (χ3n) is 5.55. The molecule has 162 valence electrons. The number of imide groups is 1. The molecule has 3 amide bonds. The Hall–Kier alpha value is -3.44. The Morgan fingerprint density at radius 1 is 0.875 bits per heavy atom. The molecule has 6 heteroatoms. The van der Waals surface area contributed by atoms with Gasteiger partial charge in [0.2, 0.25) is 0 Å². The summed E-state index contributed by atoms with van der Waals surface area (Å²) in [5.41, 5.74) is 3.32. The average Bonchev–Trinajstić information content (AvgIpc) is 3.04. The second kappa shape index (κ2) is 9.37. The van der Waals surface area contributed by atoms with Crippen LogP contribution in [0.25, 0.3) is 0 Å². The van der Waals surface area contributed by atoms with Crippen LogP contribution in [-0.4, -0.2) is 35.7 Å². The number of rotatable bonds is 7. The van der Waals surface area contributed by atoms with Crippen LogP contribution >= 0.6 is 11.6 Å². The van der Waals surface area contributed by atoms with Gasteiger partial charge in [0.15, 0.2) is 0 Å². The van der Waals surface area contributed by atoms with Crippen molar-refractivity contribution in [3.8, 4) is 0 Å². The molecule has 1 aliphatic heterocycles. The van der Waals surface area contributed by atoms with E-state index in [-0.39, 0.29) is 17.7 Å². The Balaban J connectivity index is 1.44. The smallest absolute Gasteiger partial charge is 0.261 e. The molecule has 3 aromatic carbocycles. The van der Waals surface area contributed by atoms with E-state index in [1.165, 1.54) is 4.90 Å². The Morgan fingerprint density at radius 3 is 2.16 bits per heavy atom. The van der Waals surface area contributed by atoms with Crippen LogP contribution in [0.5, 0.6) is 0 Å². The number of fused-ring (bicyclic) bond motifs is 1. The van der Waals surface area contributed by atoms with Gasteiger partial charge in [0.25, 0.3) is 17.7 Å². The summed E-state index contributed by atoms with van der Waals surface area (Å²) >= 11 is 6.09. The number of nitrogens with zero attached hydrogens (tertiary/aromatic N) is 2. The second-order valence-corrected chi connectivity index (χ2v) is 8.25. The van der Waals surface area contributed by atoms with Crippen LogP contribution in [0.15, 0.2) is 72.8 Å². The number of halogens is 1. The highest BCUT2D eigenvalue weighted by Gasteiger charge is 2.34. The van der Waals surface area contributed by atoms with Crippen LogP contribution in [-0.2, 0) is 0 Å². The van der Waals surface area contributed by atoms with Crippen LogP contribution in [0.4, 0.5) is 5.69 Å². The number of anilines is 1. The fraction of sp³-hybridized carbons (Fsp3) is 0.192. The lowest BCUT2D eigenvalue weighted by Crippen LogP contribution is -2.34. The van der Waals surface area contributed by atoms with Gasteiger partial charge in [0.1, 0.15) is 0 Å². The zero-order chi connectivity index (χ0) is 22.7. The first-order valence-electron chi connectivity index (χ1n) is 10.5.